The van der Waals surface area contributed by atoms with Crippen LogP contribution in [-0.2, 0) is 6.42 Å². The van der Waals surface area contributed by atoms with Crippen LogP contribution in [0.2, 0.25) is 0 Å². The van der Waals surface area contributed by atoms with E-state index in [2.05, 4.69) is 44.1 Å². The molecule has 0 aliphatic carbocycles. The molecule has 4 heteroatoms. The number of phenols is 1. The molecule has 0 aromatic heterocycles. The van der Waals surface area contributed by atoms with Crippen LogP contribution in [0.15, 0.2) is 15.0 Å². The SMILES string of the molecule is CC1CCc2c(Br)cc(Br)c(O)c2N1. The smallest absolute Gasteiger partial charge is 0.153 e. The molecule has 1 heterocycles. The highest BCUT2D eigenvalue weighted by molar-refractivity contribution is 9.11. The van der Waals surface area contributed by atoms with Gasteiger partial charge in [-0.05, 0) is 47.3 Å². The van der Waals surface area contributed by atoms with E-state index in [1.54, 1.807) is 0 Å². The molecule has 1 aromatic carbocycles. The van der Waals surface area contributed by atoms with E-state index < -0.39 is 0 Å². The van der Waals surface area contributed by atoms with Crippen LogP contribution in [0.3, 0.4) is 0 Å². The van der Waals surface area contributed by atoms with Gasteiger partial charge in [-0.1, -0.05) is 15.9 Å². The maximum absolute atomic E-state index is 9.86. The van der Waals surface area contributed by atoms with Gasteiger partial charge in [0, 0.05) is 10.5 Å². The zero-order chi connectivity index (χ0) is 10.3. The molecule has 2 nitrogen and oxygen atoms in total. The lowest BCUT2D eigenvalue weighted by Gasteiger charge is -2.26. The van der Waals surface area contributed by atoms with Crippen LogP contribution in [-0.4, -0.2) is 11.1 Å². The molecule has 76 valence electrons. The zero-order valence-corrected chi connectivity index (χ0v) is 10.9. The van der Waals surface area contributed by atoms with Crippen LogP contribution in [0, 0.1) is 0 Å². The maximum atomic E-state index is 9.86. The van der Waals surface area contributed by atoms with Crippen LogP contribution in [0.25, 0.3) is 0 Å². The Morgan fingerprint density at radius 2 is 2.14 bits per heavy atom. The second-order valence-corrected chi connectivity index (χ2v) is 5.34. The van der Waals surface area contributed by atoms with Crippen LogP contribution in [0.5, 0.6) is 5.75 Å². The number of hydrogen-bond donors (Lipinski definition) is 2. The minimum absolute atomic E-state index is 0.315. The molecule has 0 saturated carbocycles. The average Bonchev–Trinajstić information content (AvgIpc) is 2.14. The lowest BCUT2D eigenvalue weighted by molar-refractivity contribution is 0.470. The van der Waals surface area contributed by atoms with E-state index in [4.69, 9.17) is 0 Å². The standard InChI is InChI=1S/C10H11Br2NO/c1-5-2-3-6-7(11)4-8(12)10(14)9(6)13-5/h4-5,13-14H,2-3H2,1H3. The van der Waals surface area contributed by atoms with Crippen molar-refractivity contribution < 1.29 is 5.11 Å². The van der Waals surface area contributed by atoms with Crippen molar-refractivity contribution in [2.24, 2.45) is 0 Å². The van der Waals surface area contributed by atoms with Gasteiger partial charge >= 0.3 is 0 Å². The van der Waals surface area contributed by atoms with Crippen molar-refractivity contribution in [1.29, 1.82) is 0 Å². The van der Waals surface area contributed by atoms with Crippen molar-refractivity contribution in [2.45, 2.75) is 25.8 Å². The van der Waals surface area contributed by atoms with Crippen molar-refractivity contribution in [2.75, 3.05) is 5.32 Å². The number of hydrogen-bond acceptors (Lipinski definition) is 2. The first-order chi connectivity index (χ1) is 6.59. The van der Waals surface area contributed by atoms with Gasteiger partial charge in [-0.25, -0.2) is 0 Å². The van der Waals surface area contributed by atoms with Crippen molar-refractivity contribution >= 4 is 37.5 Å². The molecule has 1 aliphatic rings. The highest BCUT2D eigenvalue weighted by atomic mass is 79.9. The summed E-state index contributed by atoms with van der Waals surface area (Å²) in [6.07, 6.45) is 2.11. The summed E-state index contributed by atoms with van der Waals surface area (Å²) in [6.45, 7) is 2.12. The van der Waals surface area contributed by atoms with Crippen molar-refractivity contribution in [3.8, 4) is 5.75 Å². The fraction of sp³-hybridized carbons (Fsp3) is 0.400. The van der Waals surface area contributed by atoms with E-state index in [9.17, 15) is 5.11 Å². The van der Waals surface area contributed by atoms with Gasteiger partial charge < -0.3 is 10.4 Å². The van der Waals surface area contributed by atoms with E-state index in [0.29, 0.717) is 11.8 Å². The molecule has 1 unspecified atom stereocenters. The van der Waals surface area contributed by atoms with E-state index >= 15 is 0 Å². The van der Waals surface area contributed by atoms with Gasteiger partial charge in [-0.2, -0.15) is 0 Å². The zero-order valence-electron chi connectivity index (χ0n) is 7.77. The van der Waals surface area contributed by atoms with Crippen LogP contribution in [0.4, 0.5) is 5.69 Å². The Morgan fingerprint density at radius 1 is 1.43 bits per heavy atom. The minimum Gasteiger partial charge on any atom is -0.505 e. The second-order valence-electron chi connectivity index (χ2n) is 3.63. The molecule has 1 aromatic rings. The van der Waals surface area contributed by atoms with Gasteiger partial charge in [-0.15, -0.1) is 0 Å². The summed E-state index contributed by atoms with van der Waals surface area (Å²) in [5, 5.41) is 13.2. The average molecular weight is 321 g/mol. The fourth-order valence-electron chi connectivity index (χ4n) is 1.73. The Labute approximate surface area is 100.0 Å². The molecule has 0 radical (unpaired) electrons. The fourth-order valence-corrected chi connectivity index (χ4v) is 3.09. The number of aromatic hydroxyl groups is 1. The molecular weight excluding hydrogens is 310 g/mol. The number of fused-ring (bicyclic) bond motifs is 1. The van der Waals surface area contributed by atoms with Gasteiger partial charge in [0.25, 0.3) is 0 Å². The maximum Gasteiger partial charge on any atom is 0.153 e. The van der Waals surface area contributed by atoms with Gasteiger partial charge in [0.05, 0.1) is 10.2 Å². The molecular formula is C10H11Br2NO. The summed E-state index contributed by atoms with van der Waals surface area (Å²) in [7, 11) is 0. The largest absolute Gasteiger partial charge is 0.505 e. The molecule has 0 spiro atoms. The van der Waals surface area contributed by atoms with Crippen molar-refractivity contribution in [3.05, 3.63) is 20.6 Å². The highest BCUT2D eigenvalue weighted by Gasteiger charge is 2.21. The van der Waals surface area contributed by atoms with Crippen LogP contribution < -0.4 is 5.32 Å². The minimum atomic E-state index is 0.315. The third-order valence-electron chi connectivity index (χ3n) is 2.52. The topological polar surface area (TPSA) is 32.3 Å². The lowest BCUT2D eigenvalue weighted by Crippen LogP contribution is -2.22. The molecule has 1 atom stereocenters. The lowest BCUT2D eigenvalue weighted by atomic mass is 9.98. The molecule has 0 amide bonds. The molecule has 0 bridgehead atoms. The molecule has 14 heavy (non-hydrogen) atoms. The monoisotopic (exact) mass is 319 g/mol. The molecule has 0 saturated heterocycles. The van der Waals surface area contributed by atoms with E-state index in [0.717, 1.165) is 27.5 Å². The molecule has 2 N–H and O–H groups in total. The number of anilines is 1. The molecule has 2 rings (SSSR count). The molecule has 1 aliphatic heterocycles. The highest BCUT2D eigenvalue weighted by Crippen LogP contribution is 2.42. The number of halogens is 2. The first-order valence-electron chi connectivity index (χ1n) is 4.56. The van der Waals surface area contributed by atoms with Gasteiger partial charge in [0.1, 0.15) is 0 Å². The summed E-state index contributed by atoms with van der Waals surface area (Å²) in [6, 6.07) is 2.32. The summed E-state index contributed by atoms with van der Waals surface area (Å²) in [4.78, 5) is 0. The third-order valence-corrected chi connectivity index (χ3v) is 3.84. The first kappa shape index (κ1) is 10.3. The number of phenolic OH excluding ortho intramolecular Hbond substituents is 1. The predicted octanol–water partition coefficient (Wildman–Crippen LogP) is 3.66. The van der Waals surface area contributed by atoms with E-state index in [1.807, 2.05) is 6.07 Å². The van der Waals surface area contributed by atoms with Crippen molar-refractivity contribution in [3.63, 3.8) is 0 Å². The summed E-state index contributed by atoms with van der Waals surface area (Å²) < 4.78 is 1.78. The van der Waals surface area contributed by atoms with Gasteiger partial charge in [0.15, 0.2) is 5.75 Å². The normalized spacial score (nSPS) is 20.1. The van der Waals surface area contributed by atoms with E-state index in [-0.39, 0.29) is 0 Å². The van der Waals surface area contributed by atoms with Crippen LogP contribution >= 0.6 is 31.9 Å². The van der Waals surface area contributed by atoms with Gasteiger partial charge in [0.2, 0.25) is 0 Å². The van der Waals surface area contributed by atoms with Crippen molar-refractivity contribution in [1.82, 2.24) is 0 Å². The quantitative estimate of drug-likeness (QED) is 0.715. The molecule has 0 fully saturated rings. The number of nitrogens with one attached hydrogen (secondary N) is 1. The first-order valence-corrected chi connectivity index (χ1v) is 6.14. The summed E-state index contributed by atoms with van der Waals surface area (Å²) in [5.74, 6) is 0.315. The van der Waals surface area contributed by atoms with Gasteiger partial charge in [-0.3, -0.25) is 0 Å². The summed E-state index contributed by atoms with van der Waals surface area (Å²) in [5.41, 5.74) is 2.04. The Kier molecular flexibility index (Phi) is 2.75. The predicted molar refractivity (Wildman–Crippen MR) is 64.9 cm³/mol. The Hall–Kier alpha value is -0.220. The summed E-state index contributed by atoms with van der Waals surface area (Å²) >= 11 is 6.83. The Balaban J connectivity index is 2.57. The number of rotatable bonds is 0. The Bertz CT molecular complexity index is 379. The third kappa shape index (κ3) is 1.65. The van der Waals surface area contributed by atoms with Crippen LogP contribution in [0.1, 0.15) is 18.9 Å². The van der Waals surface area contributed by atoms with E-state index in [1.165, 1.54) is 5.56 Å². The number of benzene rings is 1. The Morgan fingerprint density at radius 3 is 2.86 bits per heavy atom. The second kappa shape index (κ2) is 3.74.